The Morgan fingerprint density at radius 3 is 2.83 bits per heavy atom. The van der Waals surface area contributed by atoms with Crippen LogP contribution < -0.4 is 5.32 Å². The third kappa shape index (κ3) is 3.27. The van der Waals surface area contributed by atoms with Gasteiger partial charge < -0.3 is 10.4 Å². The zero-order chi connectivity index (χ0) is 13.2. The standard InChI is InChI=1S/C15H22BrNO/c1-15(2)8-4-3-5-14(15)17-10-11-6-7-13(18)12(16)9-11/h6-7,9,14,17-18H,3-5,8,10H2,1-2H3. The van der Waals surface area contributed by atoms with E-state index in [4.69, 9.17) is 0 Å². The molecule has 2 N–H and O–H groups in total. The van der Waals surface area contributed by atoms with E-state index in [2.05, 4.69) is 35.1 Å². The molecule has 1 aromatic rings. The molecular formula is C15H22BrNO. The molecule has 0 radical (unpaired) electrons. The average molecular weight is 312 g/mol. The van der Waals surface area contributed by atoms with Gasteiger partial charge in [-0.15, -0.1) is 0 Å². The van der Waals surface area contributed by atoms with Crippen molar-refractivity contribution in [3.05, 3.63) is 28.2 Å². The van der Waals surface area contributed by atoms with E-state index in [1.165, 1.54) is 31.2 Å². The molecule has 0 saturated heterocycles. The molecule has 0 aliphatic heterocycles. The summed E-state index contributed by atoms with van der Waals surface area (Å²) >= 11 is 3.36. The van der Waals surface area contributed by atoms with Crippen molar-refractivity contribution in [1.82, 2.24) is 5.32 Å². The summed E-state index contributed by atoms with van der Waals surface area (Å²) in [4.78, 5) is 0. The summed E-state index contributed by atoms with van der Waals surface area (Å²) in [6.45, 7) is 5.58. The van der Waals surface area contributed by atoms with E-state index in [0.29, 0.717) is 17.2 Å². The van der Waals surface area contributed by atoms with Crippen molar-refractivity contribution in [2.75, 3.05) is 0 Å². The van der Waals surface area contributed by atoms with Crippen molar-refractivity contribution in [3.8, 4) is 5.75 Å². The van der Waals surface area contributed by atoms with Crippen LogP contribution in [0.15, 0.2) is 22.7 Å². The number of halogens is 1. The summed E-state index contributed by atoms with van der Waals surface area (Å²) in [6, 6.07) is 6.30. The van der Waals surface area contributed by atoms with Gasteiger partial charge in [-0.1, -0.05) is 32.8 Å². The maximum Gasteiger partial charge on any atom is 0.129 e. The van der Waals surface area contributed by atoms with Gasteiger partial charge in [-0.25, -0.2) is 0 Å². The van der Waals surface area contributed by atoms with Crippen molar-refractivity contribution in [2.45, 2.75) is 52.1 Å². The molecule has 1 aliphatic carbocycles. The van der Waals surface area contributed by atoms with Crippen LogP contribution >= 0.6 is 15.9 Å². The first-order valence-corrected chi connectivity index (χ1v) is 7.49. The summed E-state index contributed by atoms with van der Waals surface area (Å²) < 4.78 is 0.768. The van der Waals surface area contributed by atoms with E-state index in [1.54, 1.807) is 6.07 Å². The van der Waals surface area contributed by atoms with Crippen molar-refractivity contribution >= 4 is 15.9 Å². The Bertz CT molecular complexity index is 417. The lowest BCUT2D eigenvalue weighted by Gasteiger charge is -2.39. The first kappa shape index (κ1) is 13.9. The highest BCUT2D eigenvalue weighted by molar-refractivity contribution is 9.10. The summed E-state index contributed by atoms with van der Waals surface area (Å²) in [7, 11) is 0. The zero-order valence-electron chi connectivity index (χ0n) is 11.2. The Labute approximate surface area is 118 Å². The van der Waals surface area contributed by atoms with E-state index < -0.39 is 0 Å². The number of rotatable bonds is 3. The fourth-order valence-corrected chi connectivity index (χ4v) is 3.20. The lowest BCUT2D eigenvalue weighted by Crippen LogP contribution is -2.43. The van der Waals surface area contributed by atoms with Crippen LogP contribution in [0.3, 0.4) is 0 Å². The van der Waals surface area contributed by atoms with E-state index in [9.17, 15) is 5.11 Å². The van der Waals surface area contributed by atoms with Crippen molar-refractivity contribution in [2.24, 2.45) is 5.41 Å². The van der Waals surface area contributed by atoms with Crippen LogP contribution in [0.5, 0.6) is 5.75 Å². The molecule has 0 heterocycles. The Morgan fingerprint density at radius 1 is 1.39 bits per heavy atom. The zero-order valence-corrected chi connectivity index (χ0v) is 12.8. The van der Waals surface area contributed by atoms with Crippen LogP contribution in [0.4, 0.5) is 0 Å². The fourth-order valence-electron chi connectivity index (χ4n) is 2.77. The topological polar surface area (TPSA) is 32.3 Å². The van der Waals surface area contributed by atoms with Crippen LogP contribution in [0.25, 0.3) is 0 Å². The molecule has 18 heavy (non-hydrogen) atoms. The molecule has 2 nitrogen and oxygen atoms in total. The molecule has 0 bridgehead atoms. The van der Waals surface area contributed by atoms with E-state index >= 15 is 0 Å². The first-order valence-electron chi connectivity index (χ1n) is 6.70. The maximum absolute atomic E-state index is 9.48. The van der Waals surface area contributed by atoms with Gasteiger partial charge in [-0.3, -0.25) is 0 Å². The van der Waals surface area contributed by atoms with Crippen LogP contribution in [-0.2, 0) is 6.54 Å². The summed E-state index contributed by atoms with van der Waals surface area (Å²) in [5, 5.41) is 13.1. The molecule has 1 saturated carbocycles. The first-order chi connectivity index (χ1) is 8.49. The second-order valence-corrected chi connectivity index (χ2v) is 6.81. The minimum atomic E-state index is 0.303. The number of benzene rings is 1. The molecule has 1 unspecified atom stereocenters. The third-order valence-electron chi connectivity index (χ3n) is 4.07. The number of aromatic hydroxyl groups is 1. The third-order valence-corrected chi connectivity index (χ3v) is 4.71. The average Bonchev–Trinajstić information content (AvgIpc) is 2.31. The van der Waals surface area contributed by atoms with Crippen molar-refractivity contribution < 1.29 is 5.11 Å². The quantitative estimate of drug-likeness (QED) is 0.876. The molecule has 100 valence electrons. The number of nitrogens with one attached hydrogen (secondary N) is 1. The highest BCUT2D eigenvalue weighted by Crippen LogP contribution is 2.35. The van der Waals surface area contributed by atoms with Crippen molar-refractivity contribution in [3.63, 3.8) is 0 Å². The van der Waals surface area contributed by atoms with Gasteiger partial charge in [0, 0.05) is 12.6 Å². The van der Waals surface area contributed by atoms with E-state index in [-0.39, 0.29) is 0 Å². The van der Waals surface area contributed by atoms with Crippen LogP contribution in [0.2, 0.25) is 0 Å². The van der Waals surface area contributed by atoms with Gasteiger partial charge >= 0.3 is 0 Å². The summed E-state index contributed by atoms with van der Waals surface area (Å²) in [5.74, 6) is 0.303. The molecule has 1 atom stereocenters. The predicted octanol–water partition coefficient (Wildman–Crippen LogP) is 4.21. The number of hydrogen-bond donors (Lipinski definition) is 2. The lowest BCUT2D eigenvalue weighted by molar-refractivity contribution is 0.167. The molecule has 0 amide bonds. The second-order valence-electron chi connectivity index (χ2n) is 5.95. The highest BCUT2D eigenvalue weighted by atomic mass is 79.9. The smallest absolute Gasteiger partial charge is 0.129 e. The molecule has 3 heteroatoms. The molecule has 0 aromatic heterocycles. The van der Waals surface area contributed by atoms with Crippen molar-refractivity contribution in [1.29, 1.82) is 0 Å². The SMILES string of the molecule is CC1(C)CCCCC1NCc1ccc(O)c(Br)c1. The minimum Gasteiger partial charge on any atom is -0.507 e. The van der Waals surface area contributed by atoms with Gasteiger partial charge in [0.05, 0.1) is 4.47 Å². The Kier molecular flexibility index (Phi) is 4.33. The van der Waals surface area contributed by atoms with Gasteiger partial charge in [0.25, 0.3) is 0 Å². The Balaban J connectivity index is 1.96. The van der Waals surface area contributed by atoms with Crippen LogP contribution in [0, 0.1) is 5.41 Å². The molecular weight excluding hydrogens is 290 g/mol. The summed E-state index contributed by atoms with van der Waals surface area (Å²) in [6.07, 6.45) is 5.27. The molecule has 1 aromatic carbocycles. The van der Waals surface area contributed by atoms with Crippen LogP contribution in [-0.4, -0.2) is 11.1 Å². The van der Waals surface area contributed by atoms with Gasteiger partial charge in [-0.2, -0.15) is 0 Å². The normalized spacial score (nSPS) is 22.9. The summed E-state index contributed by atoms with van der Waals surface area (Å²) in [5.41, 5.74) is 1.60. The van der Waals surface area contributed by atoms with Gasteiger partial charge in [0.1, 0.15) is 5.75 Å². The monoisotopic (exact) mass is 311 g/mol. The number of phenols is 1. The second kappa shape index (κ2) is 5.62. The largest absolute Gasteiger partial charge is 0.507 e. The lowest BCUT2D eigenvalue weighted by atomic mass is 9.73. The van der Waals surface area contributed by atoms with Gasteiger partial charge in [-0.05, 0) is 51.9 Å². The fraction of sp³-hybridized carbons (Fsp3) is 0.600. The minimum absolute atomic E-state index is 0.303. The number of hydrogen-bond acceptors (Lipinski definition) is 2. The Morgan fingerprint density at radius 2 is 2.17 bits per heavy atom. The van der Waals surface area contributed by atoms with Gasteiger partial charge in [0.15, 0.2) is 0 Å². The molecule has 2 rings (SSSR count). The number of phenolic OH excluding ortho intramolecular Hbond substituents is 1. The maximum atomic E-state index is 9.48. The highest BCUT2D eigenvalue weighted by Gasteiger charge is 2.31. The van der Waals surface area contributed by atoms with Gasteiger partial charge in [0.2, 0.25) is 0 Å². The van der Waals surface area contributed by atoms with Crippen LogP contribution in [0.1, 0.15) is 45.1 Å². The molecule has 0 spiro atoms. The molecule has 1 fully saturated rings. The van der Waals surface area contributed by atoms with E-state index in [1.807, 2.05) is 12.1 Å². The predicted molar refractivity (Wildman–Crippen MR) is 78.7 cm³/mol. The Hall–Kier alpha value is -0.540. The van der Waals surface area contributed by atoms with E-state index in [0.717, 1.165) is 11.0 Å². The molecule has 1 aliphatic rings.